The van der Waals surface area contributed by atoms with E-state index in [9.17, 15) is 13.2 Å². The third-order valence-corrected chi connectivity index (χ3v) is 7.35. The number of hydrogen-bond acceptors (Lipinski definition) is 5. The van der Waals surface area contributed by atoms with Gasteiger partial charge in [0.2, 0.25) is 0 Å². The minimum Gasteiger partial charge on any atom is -0.352 e. The first-order valence-corrected chi connectivity index (χ1v) is 13.3. The highest BCUT2D eigenvalue weighted by atomic mass is 19.4. The van der Waals surface area contributed by atoms with Crippen LogP contribution in [0, 0.1) is 6.92 Å². The molecule has 9 heteroatoms. The van der Waals surface area contributed by atoms with Crippen LogP contribution in [0.15, 0.2) is 84.0 Å². The number of alkyl halides is 3. The van der Waals surface area contributed by atoms with Crippen LogP contribution in [-0.2, 0) is 6.18 Å². The van der Waals surface area contributed by atoms with Crippen molar-refractivity contribution in [3.05, 3.63) is 95.6 Å². The first-order valence-electron chi connectivity index (χ1n) is 13.3. The van der Waals surface area contributed by atoms with Gasteiger partial charge in [-0.05, 0) is 101 Å². The number of rotatable bonds is 4. The number of pyridine rings is 1. The first-order chi connectivity index (χ1) is 19.2. The Bertz CT molecular complexity index is 1680. The topological polar surface area (TPSA) is 58.3 Å². The molecule has 2 aromatic carbocycles. The highest BCUT2D eigenvalue weighted by Gasteiger charge is 2.30. The number of nitrogens with zero attached hydrogens (tertiary/aromatic N) is 5. The van der Waals surface area contributed by atoms with Crippen molar-refractivity contribution in [2.45, 2.75) is 32.0 Å². The summed E-state index contributed by atoms with van der Waals surface area (Å²) < 4.78 is 41.9. The van der Waals surface area contributed by atoms with E-state index in [4.69, 9.17) is 9.98 Å². The molecule has 3 aromatic rings. The summed E-state index contributed by atoms with van der Waals surface area (Å²) in [6.07, 6.45) is -0.712. The van der Waals surface area contributed by atoms with E-state index in [-0.39, 0.29) is 6.04 Å². The highest BCUT2D eigenvalue weighted by molar-refractivity contribution is 5.84. The standard InChI is InChI=1S/C31H29F3N6/c1-20-7-10-23(19-35-20)37-26-17-28-30(18-27(26)36-22-13-15-39(2)16-14-22)40(29-6-4-3-5-25(29)38-28)24-11-8-21(9-12-24)31(32,33)34/h3-12,17-19,22,37H,13-16H2,1-2H3. The van der Waals surface area contributed by atoms with Gasteiger partial charge < -0.3 is 14.8 Å². The molecule has 2 aliphatic heterocycles. The summed E-state index contributed by atoms with van der Waals surface area (Å²) in [5, 5.41) is 4.26. The zero-order valence-corrected chi connectivity index (χ0v) is 22.3. The van der Waals surface area contributed by atoms with Crippen LogP contribution in [0.5, 0.6) is 0 Å². The van der Waals surface area contributed by atoms with Crippen LogP contribution in [0.2, 0.25) is 0 Å². The second kappa shape index (κ2) is 10.4. The van der Waals surface area contributed by atoms with E-state index in [0.717, 1.165) is 77.2 Å². The molecule has 1 N–H and O–H groups in total. The average molecular weight is 543 g/mol. The summed E-state index contributed by atoms with van der Waals surface area (Å²) in [5.74, 6) is 0. The Balaban J connectivity index is 1.57. The molecule has 0 unspecified atom stereocenters. The van der Waals surface area contributed by atoms with Crippen molar-refractivity contribution < 1.29 is 13.2 Å². The van der Waals surface area contributed by atoms with Gasteiger partial charge in [-0.1, -0.05) is 12.1 Å². The molecule has 3 aliphatic rings. The molecule has 204 valence electrons. The number of likely N-dealkylation sites (tertiary alicyclic amines) is 1. The van der Waals surface area contributed by atoms with Crippen LogP contribution < -0.4 is 10.7 Å². The van der Waals surface area contributed by atoms with Gasteiger partial charge >= 0.3 is 6.18 Å². The van der Waals surface area contributed by atoms with E-state index >= 15 is 0 Å². The second-order valence-electron chi connectivity index (χ2n) is 10.3. The van der Waals surface area contributed by atoms with Crippen LogP contribution in [0.3, 0.4) is 0 Å². The number of anilines is 2. The van der Waals surface area contributed by atoms with E-state index in [2.05, 4.69) is 22.2 Å². The maximum absolute atomic E-state index is 13.3. The summed E-state index contributed by atoms with van der Waals surface area (Å²) in [7, 11) is 2.12. The molecule has 0 atom stereocenters. The van der Waals surface area contributed by atoms with E-state index < -0.39 is 11.7 Å². The minimum absolute atomic E-state index is 0.165. The van der Waals surface area contributed by atoms with Gasteiger partial charge in [-0.25, -0.2) is 4.98 Å². The van der Waals surface area contributed by atoms with Crippen molar-refractivity contribution in [3.8, 4) is 17.1 Å². The van der Waals surface area contributed by atoms with Crippen LogP contribution in [0.1, 0.15) is 24.1 Å². The molecule has 3 heterocycles. The van der Waals surface area contributed by atoms with Crippen molar-refractivity contribution in [1.29, 1.82) is 0 Å². The molecular formula is C31H29F3N6. The maximum atomic E-state index is 13.3. The highest BCUT2D eigenvalue weighted by Crippen LogP contribution is 2.33. The molecule has 0 amide bonds. The van der Waals surface area contributed by atoms with Gasteiger partial charge in [-0.15, -0.1) is 0 Å². The van der Waals surface area contributed by atoms with Crippen LogP contribution in [-0.4, -0.2) is 45.6 Å². The first kappa shape index (κ1) is 26.0. The normalized spacial score (nSPS) is 15.7. The third-order valence-electron chi connectivity index (χ3n) is 7.35. The Morgan fingerprint density at radius 1 is 0.950 bits per heavy atom. The number of aryl methyl sites for hydroxylation is 1. The van der Waals surface area contributed by atoms with Gasteiger partial charge in [0.25, 0.3) is 0 Å². The minimum atomic E-state index is -4.41. The van der Waals surface area contributed by atoms with Gasteiger partial charge in [0, 0.05) is 11.4 Å². The second-order valence-corrected chi connectivity index (χ2v) is 10.3. The Morgan fingerprint density at radius 2 is 1.70 bits per heavy atom. The molecule has 0 bridgehead atoms. The van der Waals surface area contributed by atoms with Gasteiger partial charge in [0.15, 0.2) is 0 Å². The Morgan fingerprint density at radius 3 is 2.40 bits per heavy atom. The predicted molar refractivity (Wildman–Crippen MR) is 151 cm³/mol. The Kier molecular flexibility index (Phi) is 6.75. The molecule has 1 aromatic heterocycles. The lowest BCUT2D eigenvalue weighted by atomic mass is 10.1. The lowest BCUT2D eigenvalue weighted by Gasteiger charge is -2.26. The number of aromatic nitrogens is 3. The van der Waals surface area contributed by atoms with Crippen molar-refractivity contribution in [1.82, 2.24) is 19.4 Å². The number of nitrogens with one attached hydrogen (secondary N) is 1. The SMILES string of the molecule is Cc1ccc(Nc2cc3nc4ccccc4n(-c4ccc(C(F)(F)F)cc4)c-3cc2=NC2CCN(C)CC2)cn1. The molecule has 1 aliphatic carbocycles. The van der Waals surface area contributed by atoms with Crippen molar-refractivity contribution in [2.75, 3.05) is 25.5 Å². The van der Waals surface area contributed by atoms with Gasteiger partial charge in [0.1, 0.15) is 0 Å². The number of hydrogen-bond donors (Lipinski definition) is 1. The van der Waals surface area contributed by atoms with E-state index in [1.807, 2.05) is 60.0 Å². The molecule has 6 nitrogen and oxygen atoms in total. The van der Waals surface area contributed by atoms with E-state index in [0.29, 0.717) is 11.4 Å². The largest absolute Gasteiger partial charge is 0.416 e. The molecule has 0 radical (unpaired) electrons. The number of piperidine rings is 1. The molecule has 0 spiro atoms. The van der Waals surface area contributed by atoms with Gasteiger partial charge in [0.05, 0.1) is 57.0 Å². The predicted octanol–water partition coefficient (Wildman–Crippen LogP) is 6.59. The van der Waals surface area contributed by atoms with E-state index in [1.54, 1.807) is 6.20 Å². The lowest BCUT2D eigenvalue weighted by molar-refractivity contribution is -0.137. The fraction of sp³-hybridized carbons (Fsp3) is 0.258. The summed E-state index contributed by atoms with van der Waals surface area (Å²) in [6.45, 7) is 3.89. The Labute approximate surface area is 230 Å². The molecule has 0 saturated carbocycles. The number of benzene rings is 3. The molecule has 1 fully saturated rings. The van der Waals surface area contributed by atoms with Crippen LogP contribution in [0.25, 0.3) is 28.1 Å². The zero-order valence-electron chi connectivity index (χ0n) is 22.3. The van der Waals surface area contributed by atoms with Crippen LogP contribution >= 0.6 is 0 Å². The van der Waals surface area contributed by atoms with Gasteiger partial charge in [-0.2, -0.15) is 13.2 Å². The fourth-order valence-electron chi connectivity index (χ4n) is 5.14. The number of fused-ring (bicyclic) bond motifs is 2. The molecule has 1 saturated heterocycles. The van der Waals surface area contributed by atoms with Crippen LogP contribution in [0.4, 0.5) is 24.5 Å². The number of para-hydroxylation sites is 2. The summed E-state index contributed by atoms with van der Waals surface area (Å²) in [5.41, 5.74) is 5.48. The Hall–Kier alpha value is -4.24. The maximum Gasteiger partial charge on any atom is 0.416 e. The van der Waals surface area contributed by atoms with Gasteiger partial charge in [-0.3, -0.25) is 9.98 Å². The quantitative estimate of drug-likeness (QED) is 0.260. The molecule has 40 heavy (non-hydrogen) atoms. The van der Waals surface area contributed by atoms with Crippen molar-refractivity contribution >= 4 is 22.4 Å². The summed E-state index contributed by atoms with van der Waals surface area (Å²) in [6, 6.07) is 20.9. The lowest BCUT2D eigenvalue weighted by Crippen LogP contribution is -2.33. The number of halogens is 3. The smallest absolute Gasteiger partial charge is 0.352 e. The third kappa shape index (κ3) is 5.29. The molecule has 6 rings (SSSR count). The van der Waals surface area contributed by atoms with Crippen molar-refractivity contribution in [3.63, 3.8) is 0 Å². The monoisotopic (exact) mass is 542 g/mol. The summed E-state index contributed by atoms with van der Waals surface area (Å²) in [4.78, 5) is 16.8. The van der Waals surface area contributed by atoms with Crippen molar-refractivity contribution in [2.24, 2.45) is 4.99 Å². The summed E-state index contributed by atoms with van der Waals surface area (Å²) >= 11 is 0. The zero-order chi connectivity index (χ0) is 27.9. The average Bonchev–Trinajstić information content (AvgIpc) is 2.94. The fourth-order valence-corrected chi connectivity index (χ4v) is 5.14. The molecular weight excluding hydrogens is 513 g/mol. The van der Waals surface area contributed by atoms with E-state index in [1.165, 1.54) is 12.1 Å².